The number of hydrogen-bond acceptors (Lipinski definition) is 10. The number of hydrazine groups is 1. The van der Waals surface area contributed by atoms with Crippen molar-refractivity contribution in [1.29, 1.82) is 5.26 Å². The van der Waals surface area contributed by atoms with Gasteiger partial charge in [0.05, 0.1) is 35.4 Å². The van der Waals surface area contributed by atoms with E-state index < -0.39 is 39.2 Å². The predicted octanol–water partition coefficient (Wildman–Crippen LogP) is 1.06. The minimum atomic E-state index is -3.83. The number of nitriles is 1. The molecule has 0 saturated carbocycles. The summed E-state index contributed by atoms with van der Waals surface area (Å²) >= 11 is 0. The number of nitrogens with zero attached hydrogens (tertiary/aromatic N) is 3. The van der Waals surface area contributed by atoms with Crippen LogP contribution in [0.25, 0.3) is 0 Å². The number of fused-ring (bicyclic) bond motifs is 2. The molecule has 4 atom stereocenters. The maximum atomic E-state index is 13.1. The lowest BCUT2D eigenvalue weighted by Crippen LogP contribution is -2.61. The van der Waals surface area contributed by atoms with Gasteiger partial charge in [-0.15, -0.1) is 0 Å². The molecule has 1 aromatic rings. The first-order chi connectivity index (χ1) is 18.4. The molecule has 5 rings (SSSR count). The van der Waals surface area contributed by atoms with Crippen molar-refractivity contribution in [1.82, 2.24) is 20.1 Å². The number of benzene rings is 1. The summed E-state index contributed by atoms with van der Waals surface area (Å²) in [5, 5.41) is 18.1. The topological polar surface area (TPSA) is 153 Å². The van der Waals surface area contributed by atoms with Crippen LogP contribution in [0.2, 0.25) is 0 Å². The zero-order valence-electron chi connectivity index (χ0n) is 22.5. The predicted molar refractivity (Wildman–Crippen MR) is 140 cm³/mol. The lowest BCUT2D eigenvalue weighted by Gasteiger charge is -2.46. The van der Waals surface area contributed by atoms with Crippen molar-refractivity contribution in [2.75, 3.05) is 31.6 Å². The fourth-order valence-corrected chi connectivity index (χ4v) is 7.67. The molecule has 3 unspecified atom stereocenters. The minimum Gasteiger partial charge on any atom is -0.459 e. The lowest BCUT2D eigenvalue weighted by molar-refractivity contribution is -0.155. The van der Waals surface area contributed by atoms with Crippen molar-refractivity contribution in [3.63, 3.8) is 0 Å². The molecule has 3 fully saturated rings. The van der Waals surface area contributed by atoms with E-state index in [1.807, 2.05) is 0 Å². The average Bonchev–Trinajstić information content (AvgIpc) is 3.34. The molecular formula is C26H36N6O6S. The molecule has 0 aromatic heterocycles. The summed E-state index contributed by atoms with van der Waals surface area (Å²) in [6.07, 6.45) is 2.16. The van der Waals surface area contributed by atoms with Crippen molar-refractivity contribution in [3.05, 3.63) is 23.8 Å². The molecule has 0 radical (unpaired) electrons. The van der Waals surface area contributed by atoms with E-state index in [9.17, 15) is 23.3 Å². The van der Waals surface area contributed by atoms with E-state index in [1.165, 1.54) is 6.07 Å². The molecule has 0 aliphatic carbocycles. The summed E-state index contributed by atoms with van der Waals surface area (Å²) in [6, 6.07) is 7.14. The van der Waals surface area contributed by atoms with Crippen molar-refractivity contribution in [3.8, 4) is 6.07 Å². The number of ether oxygens (including phenoxy) is 2. The van der Waals surface area contributed by atoms with Crippen molar-refractivity contribution in [2.45, 2.75) is 81.2 Å². The molecular weight excluding hydrogens is 524 g/mol. The number of hydrogen-bond donors (Lipinski definition) is 3. The highest BCUT2D eigenvalue weighted by Gasteiger charge is 2.55. The number of amides is 1. The molecule has 4 aliphatic heterocycles. The van der Waals surface area contributed by atoms with Crippen molar-refractivity contribution >= 4 is 27.6 Å². The summed E-state index contributed by atoms with van der Waals surface area (Å²) in [5.74, 6) is -1.11. The highest BCUT2D eigenvalue weighted by Crippen LogP contribution is 2.39. The van der Waals surface area contributed by atoms with Gasteiger partial charge in [0.15, 0.2) is 0 Å². The van der Waals surface area contributed by atoms with E-state index in [2.05, 4.69) is 27.1 Å². The Labute approximate surface area is 229 Å². The minimum absolute atomic E-state index is 0.0474. The number of esters is 1. The molecule has 4 aliphatic rings. The second kappa shape index (κ2) is 10.3. The van der Waals surface area contributed by atoms with Gasteiger partial charge in [-0.05, 0) is 63.8 Å². The van der Waals surface area contributed by atoms with Gasteiger partial charge >= 0.3 is 5.97 Å². The molecule has 0 bridgehead atoms. The fourth-order valence-electron chi connectivity index (χ4n) is 6.11. The number of rotatable bonds is 6. The van der Waals surface area contributed by atoms with Crippen LogP contribution in [0.15, 0.2) is 23.1 Å². The van der Waals surface area contributed by atoms with E-state index in [0.29, 0.717) is 31.0 Å². The van der Waals surface area contributed by atoms with Gasteiger partial charge in [-0.3, -0.25) is 9.59 Å². The smallest absolute Gasteiger partial charge is 0.321 e. The average molecular weight is 561 g/mol. The number of anilines is 1. The van der Waals surface area contributed by atoms with Crippen LogP contribution in [0.1, 0.15) is 52.0 Å². The van der Waals surface area contributed by atoms with Crippen LogP contribution in [0, 0.1) is 17.2 Å². The van der Waals surface area contributed by atoms with E-state index in [1.54, 1.807) is 32.9 Å². The van der Waals surface area contributed by atoms with E-state index in [0.717, 1.165) is 23.6 Å². The Kier molecular flexibility index (Phi) is 7.36. The normalized spacial score (nSPS) is 30.6. The number of sulfonamides is 1. The van der Waals surface area contributed by atoms with Crippen LogP contribution in [0.3, 0.4) is 0 Å². The fraction of sp³-hybridized carbons (Fsp3) is 0.654. The molecule has 212 valence electrons. The monoisotopic (exact) mass is 560 g/mol. The SMILES string of the molecule is CC(C)(C)OC(=O)CN1Cc2cc(NC3NN([C@]4(CC#N)CCCOC4)C4CCNC(=O)C34)ccc2S1(=O)=O. The second-order valence-corrected chi connectivity index (χ2v) is 13.6. The molecule has 3 N–H and O–H groups in total. The first kappa shape index (κ1) is 27.8. The zero-order chi connectivity index (χ0) is 28.0. The maximum absolute atomic E-state index is 13.1. The quantitative estimate of drug-likeness (QED) is 0.431. The molecule has 0 spiro atoms. The van der Waals surface area contributed by atoms with Crippen molar-refractivity contribution in [2.24, 2.45) is 5.92 Å². The summed E-state index contributed by atoms with van der Waals surface area (Å²) in [6.45, 7) is 6.49. The Hall–Kier alpha value is -2.76. The summed E-state index contributed by atoms with van der Waals surface area (Å²) < 4.78 is 38.4. The van der Waals surface area contributed by atoms with Crippen LogP contribution in [0.5, 0.6) is 0 Å². The molecule has 12 nitrogen and oxygen atoms in total. The van der Waals surface area contributed by atoms with Gasteiger partial charge in [0.1, 0.15) is 18.3 Å². The van der Waals surface area contributed by atoms with E-state index >= 15 is 0 Å². The van der Waals surface area contributed by atoms with Gasteiger partial charge < -0.3 is 20.1 Å². The van der Waals surface area contributed by atoms with E-state index in [-0.39, 0.29) is 36.4 Å². The van der Waals surface area contributed by atoms with Crippen molar-refractivity contribution < 1.29 is 27.5 Å². The second-order valence-electron chi connectivity index (χ2n) is 11.7. The summed E-state index contributed by atoms with van der Waals surface area (Å²) in [4.78, 5) is 25.5. The molecule has 3 saturated heterocycles. The third-order valence-electron chi connectivity index (χ3n) is 7.72. The van der Waals surface area contributed by atoms with Crippen LogP contribution < -0.4 is 16.1 Å². The molecule has 39 heavy (non-hydrogen) atoms. The van der Waals surface area contributed by atoms with Gasteiger partial charge in [-0.25, -0.2) is 18.9 Å². The largest absolute Gasteiger partial charge is 0.459 e. The van der Waals surface area contributed by atoms with Gasteiger partial charge in [0.25, 0.3) is 0 Å². The highest BCUT2D eigenvalue weighted by atomic mass is 32.2. The van der Waals surface area contributed by atoms with Crippen LogP contribution in [0.4, 0.5) is 5.69 Å². The Balaban J connectivity index is 1.36. The third-order valence-corrected chi connectivity index (χ3v) is 9.61. The van der Waals surface area contributed by atoms with Gasteiger partial charge in [-0.1, -0.05) is 0 Å². The zero-order valence-corrected chi connectivity index (χ0v) is 23.3. The first-order valence-corrected chi connectivity index (χ1v) is 14.8. The Morgan fingerprint density at radius 1 is 1.36 bits per heavy atom. The number of carbonyl (C=O) groups excluding carboxylic acids is 2. The van der Waals surface area contributed by atoms with Gasteiger partial charge in [0, 0.05) is 31.4 Å². The van der Waals surface area contributed by atoms with Crippen LogP contribution in [-0.2, 0) is 35.6 Å². The molecule has 1 aromatic carbocycles. The van der Waals surface area contributed by atoms with Crippen LogP contribution >= 0.6 is 0 Å². The molecule has 13 heteroatoms. The van der Waals surface area contributed by atoms with Gasteiger partial charge in [0.2, 0.25) is 15.9 Å². The molecule has 4 heterocycles. The Morgan fingerprint density at radius 2 is 2.15 bits per heavy atom. The Bertz CT molecular complexity index is 1280. The third kappa shape index (κ3) is 5.36. The summed E-state index contributed by atoms with van der Waals surface area (Å²) in [5.41, 5.74) is 3.45. The number of nitrogens with one attached hydrogen (secondary N) is 3. The Morgan fingerprint density at radius 3 is 2.85 bits per heavy atom. The van der Waals surface area contributed by atoms with Crippen LogP contribution in [-0.4, -0.2) is 79.3 Å². The lowest BCUT2D eigenvalue weighted by atomic mass is 9.84. The first-order valence-electron chi connectivity index (χ1n) is 13.3. The number of carbonyl (C=O) groups is 2. The highest BCUT2D eigenvalue weighted by molar-refractivity contribution is 7.89. The summed E-state index contributed by atoms with van der Waals surface area (Å²) in [7, 11) is -3.83. The standard InChI is InChI=1S/C26H36N6O6S/c1-25(2,3)38-21(33)15-31-14-17-13-18(5-6-20(17)39(31,35)36)29-23-22-19(7-11-28-24(22)34)32(30-23)26(9-10-27)8-4-12-37-16-26/h5-6,13,19,22-23,29-30H,4,7-9,11-12,14-16H2,1-3H3,(H,28,34)/t19?,22?,23?,26-/m0/s1. The number of piperidine rings is 1. The van der Waals surface area contributed by atoms with E-state index in [4.69, 9.17) is 9.47 Å². The molecule has 1 amide bonds. The maximum Gasteiger partial charge on any atom is 0.321 e. The van der Waals surface area contributed by atoms with Gasteiger partial charge in [-0.2, -0.15) is 9.57 Å².